The predicted octanol–water partition coefficient (Wildman–Crippen LogP) is 7.45. The van der Waals surface area contributed by atoms with Crippen LogP contribution in [0.1, 0.15) is 58.1 Å². The van der Waals surface area contributed by atoms with Gasteiger partial charge in [-0.1, -0.05) is 55.3 Å². The molecule has 8 heteroatoms. The second kappa shape index (κ2) is 11.0. The van der Waals surface area contributed by atoms with Crippen molar-refractivity contribution in [2.75, 3.05) is 5.32 Å². The first kappa shape index (κ1) is 25.8. The number of anilines is 1. The van der Waals surface area contributed by atoms with Crippen LogP contribution in [0.15, 0.2) is 78.9 Å². The minimum absolute atomic E-state index is 0.0304. The van der Waals surface area contributed by atoms with Gasteiger partial charge in [-0.2, -0.15) is 9.78 Å². The summed E-state index contributed by atoms with van der Waals surface area (Å²) in [5.74, 6) is 0.0387. The van der Waals surface area contributed by atoms with Gasteiger partial charge in [-0.15, -0.1) is 11.3 Å². The molecular formula is C32H30N4O3S. The van der Waals surface area contributed by atoms with Crippen molar-refractivity contribution in [3.8, 4) is 17.0 Å². The first-order valence-electron chi connectivity index (χ1n) is 13.5. The van der Waals surface area contributed by atoms with Crippen LogP contribution in [0.25, 0.3) is 21.3 Å². The molecule has 5 aromatic rings. The Bertz CT molecular complexity index is 1680. The molecule has 202 valence electrons. The number of aromatic hydroxyl groups is 1. The molecule has 3 aromatic carbocycles. The second-order valence-electron chi connectivity index (χ2n) is 10.3. The highest BCUT2D eigenvalue weighted by Crippen LogP contribution is 2.38. The SMILES string of the molecule is Cc1ccccc1CNC(=O)n1nc(-c2cc(NC(=O)c3cc4ccccc4s3)ccc2O)cc1C1CCCC1. The predicted molar refractivity (Wildman–Crippen MR) is 159 cm³/mol. The number of aryl methyl sites for hydroxylation is 1. The molecule has 1 aliphatic carbocycles. The zero-order chi connectivity index (χ0) is 27.6. The van der Waals surface area contributed by atoms with Crippen LogP contribution in [0.4, 0.5) is 10.5 Å². The lowest BCUT2D eigenvalue weighted by Crippen LogP contribution is -2.31. The van der Waals surface area contributed by atoms with Crippen molar-refractivity contribution < 1.29 is 14.7 Å². The molecule has 0 saturated heterocycles. The maximum atomic E-state index is 13.4. The molecule has 0 spiro atoms. The fourth-order valence-electron chi connectivity index (χ4n) is 5.36. The van der Waals surface area contributed by atoms with Crippen molar-refractivity contribution in [2.24, 2.45) is 0 Å². The molecule has 1 saturated carbocycles. The van der Waals surface area contributed by atoms with Gasteiger partial charge in [-0.3, -0.25) is 4.79 Å². The van der Waals surface area contributed by atoms with E-state index in [1.54, 1.807) is 18.2 Å². The summed E-state index contributed by atoms with van der Waals surface area (Å²) in [6.07, 6.45) is 4.21. The fraction of sp³-hybridized carbons (Fsp3) is 0.219. The van der Waals surface area contributed by atoms with E-state index < -0.39 is 0 Å². The fourth-order valence-corrected chi connectivity index (χ4v) is 6.32. The standard InChI is InChI=1S/C32H30N4O3S/c1-20-8-2-3-12-23(20)19-33-32(39)36-27(21-9-4-5-10-21)18-26(35-36)25-17-24(14-15-28(25)37)34-31(38)30-16-22-11-6-7-13-29(22)40-30/h2-3,6-8,11-18,21,37H,4-5,9-10,19H2,1H3,(H,33,39)(H,34,38). The van der Waals surface area contributed by atoms with E-state index in [0.29, 0.717) is 28.4 Å². The average molecular weight is 551 g/mol. The molecule has 40 heavy (non-hydrogen) atoms. The summed E-state index contributed by atoms with van der Waals surface area (Å²) >= 11 is 1.43. The number of nitrogens with one attached hydrogen (secondary N) is 2. The molecule has 0 unspecified atom stereocenters. The van der Waals surface area contributed by atoms with Crippen molar-refractivity contribution in [3.63, 3.8) is 0 Å². The summed E-state index contributed by atoms with van der Waals surface area (Å²) in [7, 11) is 0. The van der Waals surface area contributed by atoms with Gasteiger partial charge in [0.2, 0.25) is 0 Å². The van der Waals surface area contributed by atoms with Crippen LogP contribution in [-0.4, -0.2) is 26.8 Å². The molecule has 2 amide bonds. The van der Waals surface area contributed by atoms with Crippen molar-refractivity contribution in [1.29, 1.82) is 0 Å². The van der Waals surface area contributed by atoms with Gasteiger partial charge in [0, 0.05) is 28.4 Å². The number of nitrogens with zero attached hydrogens (tertiary/aromatic N) is 2. The molecule has 2 heterocycles. The summed E-state index contributed by atoms with van der Waals surface area (Å²) in [5, 5.41) is 22.4. The first-order chi connectivity index (χ1) is 19.5. The Balaban J connectivity index is 1.27. The summed E-state index contributed by atoms with van der Waals surface area (Å²) in [4.78, 5) is 27.0. The monoisotopic (exact) mass is 550 g/mol. The lowest BCUT2D eigenvalue weighted by Gasteiger charge is -2.13. The van der Waals surface area contributed by atoms with Gasteiger partial charge < -0.3 is 15.7 Å². The van der Waals surface area contributed by atoms with Gasteiger partial charge in [0.05, 0.1) is 16.3 Å². The Morgan fingerprint density at radius 1 is 1.00 bits per heavy atom. The van der Waals surface area contributed by atoms with Gasteiger partial charge in [0.1, 0.15) is 5.75 Å². The Kier molecular flexibility index (Phi) is 7.09. The third kappa shape index (κ3) is 5.22. The van der Waals surface area contributed by atoms with Crippen LogP contribution in [0.5, 0.6) is 5.75 Å². The first-order valence-corrected chi connectivity index (χ1v) is 14.3. The number of carbonyl (C=O) groups is 2. The normalized spacial score (nSPS) is 13.5. The maximum Gasteiger partial charge on any atom is 0.342 e. The second-order valence-corrected chi connectivity index (χ2v) is 11.4. The highest BCUT2D eigenvalue weighted by molar-refractivity contribution is 7.20. The number of hydrogen-bond acceptors (Lipinski definition) is 5. The number of amides is 2. The number of fused-ring (bicyclic) bond motifs is 1. The lowest BCUT2D eigenvalue weighted by atomic mass is 10.0. The van der Waals surface area contributed by atoms with Crippen LogP contribution >= 0.6 is 11.3 Å². The van der Waals surface area contributed by atoms with Crippen LogP contribution < -0.4 is 10.6 Å². The molecule has 6 rings (SSSR count). The van der Waals surface area contributed by atoms with E-state index in [-0.39, 0.29) is 23.6 Å². The lowest BCUT2D eigenvalue weighted by molar-refractivity contribution is 0.103. The third-order valence-corrected chi connectivity index (χ3v) is 8.69. The van der Waals surface area contributed by atoms with Gasteiger partial charge in [-0.25, -0.2) is 4.79 Å². The van der Waals surface area contributed by atoms with E-state index in [1.807, 2.05) is 67.6 Å². The van der Waals surface area contributed by atoms with E-state index in [9.17, 15) is 14.7 Å². The van der Waals surface area contributed by atoms with Crippen LogP contribution in [0.2, 0.25) is 0 Å². The largest absolute Gasteiger partial charge is 0.507 e. The highest BCUT2D eigenvalue weighted by atomic mass is 32.1. The number of phenols is 1. The molecule has 1 aliphatic rings. The van der Waals surface area contributed by atoms with Gasteiger partial charge in [-0.05, 0) is 72.7 Å². The van der Waals surface area contributed by atoms with E-state index in [4.69, 9.17) is 0 Å². The smallest absolute Gasteiger partial charge is 0.342 e. The zero-order valence-corrected chi connectivity index (χ0v) is 23.0. The van der Waals surface area contributed by atoms with E-state index >= 15 is 0 Å². The molecule has 1 fully saturated rings. The Hall–Kier alpha value is -4.43. The number of aromatic nitrogens is 2. The molecule has 0 aliphatic heterocycles. The van der Waals surface area contributed by atoms with Gasteiger partial charge >= 0.3 is 6.03 Å². The van der Waals surface area contributed by atoms with Crippen molar-refractivity contribution in [3.05, 3.63) is 101 Å². The average Bonchev–Trinajstić information content (AvgIpc) is 3.73. The molecular weight excluding hydrogens is 520 g/mol. The summed E-state index contributed by atoms with van der Waals surface area (Å²) in [5.41, 5.74) is 4.48. The van der Waals surface area contributed by atoms with E-state index in [0.717, 1.165) is 52.6 Å². The number of benzene rings is 3. The zero-order valence-electron chi connectivity index (χ0n) is 22.2. The van der Waals surface area contributed by atoms with Crippen molar-refractivity contribution >= 4 is 39.0 Å². The molecule has 0 bridgehead atoms. The molecule has 7 nitrogen and oxygen atoms in total. The Labute approximate surface area is 236 Å². The number of phenolic OH excluding ortho intramolecular Hbond substituents is 1. The maximum absolute atomic E-state index is 13.4. The van der Waals surface area contributed by atoms with E-state index in [1.165, 1.54) is 16.0 Å². The summed E-state index contributed by atoms with van der Waals surface area (Å²) in [6, 6.07) is 24.2. The van der Waals surface area contributed by atoms with Crippen LogP contribution in [0.3, 0.4) is 0 Å². The van der Waals surface area contributed by atoms with Crippen molar-refractivity contribution in [2.45, 2.75) is 45.1 Å². The van der Waals surface area contributed by atoms with Gasteiger partial charge in [0.25, 0.3) is 5.91 Å². The topological polar surface area (TPSA) is 96.3 Å². The third-order valence-electron chi connectivity index (χ3n) is 7.57. The quantitative estimate of drug-likeness (QED) is 0.191. The number of carbonyl (C=O) groups excluding carboxylic acids is 2. The van der Waals surface area contributed by atoms with Crippen LogP contribution in [-0.2, 0) is 6.54 Å². The Morgan fingerprint density at radius 3 is 2.58 bits per heavy atom. The van der Waals surface area contributed by atoms with Crippen LogP contribution in [0, 0.1) is 6.92 Å². The number of thiophene rings is 1. The molecule has 0 atom stereocenters. The molecule has 2 aromatic heterocycles. The van der Waals surface area contributed by atoms with Crippen molar-refractivity contribution in [1.82, 2.24) is 15.1 Å². The number of rotatable bonds is 6. The summed E-state index contributed by atoms with van der Waals surface area (Å²) in [6.45, 7) is 2.42. The highest BCUT2D eigenvalue weighted by Gasteiger charge is 2.26. The molecule has 3 N–H and O–H groups in total. The van der Waals surface area contributed by atoms with E-state index in [2.05, 4.69) is 15.7 Å². The summed E-state index contributed by atoms with van der Waals surface area (Å²) < 4.78 is 2.50. The minimum atomic E-state index is -0.301. The Morgan fingerprint density at radius 2 is 1.77 bits per heavy atom. The minimum Gasteiger partial charge on any atom is -0.507 e. The number of hydrogen-bond donors (Lipinski definition) is 3. The molecule has 0 radical (unpaired) electrons. The van der Waals surface area contributed by atoms with Gasteiger partial charge in [0.15, 0.2) is 0 Å².